The molecule has 0 unspecified atom stereocenters. The first kappa shape index (κ1) is 13.9. The molecule has 0 heterocycles. The minimum Gasteiger partial charge on any atom is -0.389 e. The summed E-state index contributed by atoms with van der Waals surface area (Å²) in [6.07, 6.45) is 1.14. The van der Waals surface area contributed by atoms with Crippen molar-refractivity contribution in [3.05, 3.63) is 29.8 Å². The third kappa shape index (κ3) is 4.71. The minimum absolute atomic E-state index is 0.452. The molecular formula is C13H21N3S. The van der Waals surface area contributed by atoms with Crippen molar-refractivity contribution >= 4 is 22.9 Å². The smallest absolute Gasteiger partial charge is 0.104 e. The third-order valence-electron chi connectivity index (χ3n) is 2.67. The molecule has 0 saturated heterocycles. The van der Waals surface area contributed by atoms with Crippen LogP contribution < -0.4 is 10.6 Å². The highest BCUT2D eigenvalue weighted by atomic mass is 32.1. The molecule has 17 heavy (non-hydrogen) atoms. The topological polar surface area (TPSA) is 32.5 Å². The van der Waals surface area contributed by atoms with Gasteiger partial charge in [-0.15, -0.1) is 0 Å². The number of anilines is 1. The SMILES string of the molecule is CN(C)CCCN(C)c1cccc(C(N)=S)c1. The van der Waals surface area contributed by atoms with Crippen molar-refractivity contribution in [3.63, 3.8) is 0 Å². The molecule has 0 aliphatic rings. The molecule has 0 aliphatic heterocycles. The van der Waals surface area contributed by atoms with Gasteiger partial charge in [0.05, 0.1) is 0 Å². The van der Waals surface area contributed by atoms with Gasteiger partial charge in [0.1, 0.15) is 4.99 Å². The van der Waals surface area contributed by atoms with E-state index in [9.17, 15) is 0 Å². The van der Waals surface area contributed by atoms with E-state index in [1.54, 1.807) is 0 Å². The van der Waals surface area contributed by atoms with E-state index in [-0.39, 0.29) is 0 Å². The Bertz CT molecular complexity index is 377. The monoisotopic (exact) mass is 251 g/mol. The van der Waals surface area contributed by atoms with Gasteiger partial charge in [0.2, 0.25) is 0 Å². The maximum Gasteiger partial charge on any atom is 0.104 e. The van der Waals surface area contributed by atoms with Gasteiger partial charge < -0.3 is 15.5 Å². The van der Waals surface area contributed by atoms with E-state index in [1.807, 2.05) is 18.2 Å². The lowest BCUT2D eigenvalue weighted by Crippen LogP contribution is -2.23. The van der Waals surface area contributed by atoms with Crippen LogP contribution in [0.3, 0.4) is 0 Å². The lowest BCUT2D eigenvalue weighted by Gasteiger charge is -2.21. The maximum atomic E-state index is 5.63. The Kier molecular flexibility index (Phi) is 5.38. The zero-order valence-corrected chi connectivity index (χ0v) is 11.6. The van der Waals surface area contributed by atoms with Gasteiger partial charge in [0.25, 0.3) is 0 Å². The van der Waals surface area contributed by atoms with E-state index in [0.29, 0.717) is 4.99 Å². The lowest BCUT2D eigenvalue weighted by molar-refractivity contribution is 0.401. The molecule has 0 fully saturated rings. The third-order valence-corrected chi connectivity index (χ3v) is 2.91. The van der Waals surface area contributed by atoms with Gasteiger partial charge in [-0.25, -0.2) is 0 Å². The number of hydrogen-bond donors (Lipinski definition) is 1. The molecule has 94 valence electrons. The molecule has 0 aromatic heterocycles. The van der Waals surface area contributed by atoms with Crippen LogP contribution in [0, 0.1) is 0 Å². The second kappa shape index (κ2) is 6.57. The fourth-order valence-corrected chi connectivity index (χ4v) is 1.78. The van der Waals surface area contributed by atoms with Crippen molar-refractivity contribution in [2.24, 2.45) is 5.73 Å². The summed E-state index contributed by atoms with van der Waals surface area (Å²) in [7, 11) is 6.27. The normalized spacial score (nSPS) is 10.6. The first-order valence-electron chi connectivity index (χ1n) is 5.76. The largest absolute Gasteiger partial charge is 0.389 e. The van der Waals surface area contributed by atoms with Crippen molar-refractivity contribution in [3.8, 4) is 0 Å². The van der Waals surface area contributed by atoms with Gasteiger partial charge in [-0.2, -0.15) is 0 Å². The number of benzene rings is 1. The quantitative estimate of drug-likeness (QED) is 0.780. The van der Waals surface area contributed by atoms with Gasteiger partial charge in [-0.05, 0) is 39.2 Å². The first-order valence-corrected chi connectivity index (χ1v) is 6.17. The van der Waals surface area contributed by atoms with E-state index >= 15 is 0 Å². The number of nitrogens with zero attached hydrogens (tertiary/aromatic N) is 2. The van der Waals surface area contributed by atoms with Crippen LogP contribution in [0.25, 0.3) is 0 Å². The van der Waals surface area contributed by atoms with E-state index in [0.717, 1.165) is 30.8 Å². The van der Waals surface area contributed by atoms with Crippen LogP contribution in [0.15, 0.2) is 24.3 Å². The molecule has 0 radical (unpaired) electrons. The summed E-state index contributed by atoms with van der Waals surface area (Å²) in [6.45, 7) is 2.12. The van der Waals surface area contributed by atoms with E-state index < -0.39 is 0 Å². The zero-order chi connectivity index (χ0) is 12.8. The fourth-order valence-electron chi connectivity index (χ4n) is 1.65. The maximum absolute atomic E-state index is 5.63. The van der Waals surface area contributed by atoms with Crippen LogP contribution in [0.1, 0.15) is 12.0 Å². The Morgan fingerprint density at radius 1 is 1.24 bits per heavy atom. The molecule has 0 spiro atoms. The van der Waals surface area contributed by atoms with Crippen molar-refractivity contribution in [1.82, 2.24) is 4.90 Å². The molecular weight excluding hydrogens is 230 g/mol. The molecule has 0 bridgehead atoms. The summed E-state index contributed by atoms with van der Waals surface area (Å²) >= 11 is 4.98. The molecule has 2 N–H and O–H groups in total. The van der Waals surface area contributed by atoms with Gasteiger partial charge in [-0.1, -0.05) is 24.4 Å². The average molecular weight is 251 g/mol. The first-order chi connectivity index (χ1) is 8.00. The van der Waals surface area contributed by atoms with E-state index in [2.05, 4.69) is 37.0 Å². The van der Waals surface area contributed by atoms with Crippen LogP contribution in [0.2, 0.25) is 0 Å². The van der Waals surface area contributed by atoms with Gasteiger partial charge in [0, 0.05) is 24.8 Å². The van der Waals surface area contributed by atoms with Crippen LogP contribution in [-0.2, 0) is 0 Å². The molecule has 0 aliphatic carbocycles. The van der Waals surface area contributed by atoms with Crippen LogP contribution >= 0.6 is 12.2 Å². The van der Waals surface area contributed by atoms with Crippen LogP contribution in [-0.4, -0.2) is 44.1 Å². The van der Waals surface area contributed by atoms with Crippen LogP contribution in [0.5, 0.6) is 0 Å². The minimum atomic E-state index is 0.452. The average Bonchev–Trinajstić information content (AvgIpc) is 2.28. The number of nitrogens with two attached hydrogens (primary N) is 1. The highest BCUT2D eigenvalue weighted by Crippen LogP contribution is 2.15. The molecule has 1 rings (SSSR count). The van der Waals surface area contributed by atoms with Crippen molar-refractivity contribution < 1.29 is 0 Å². The Balaban J connectivity index is 2.59. The Morgan fingerprint density at radius 3 is 2.53 bits per heavy atom. The highest BCUT2D eigenvalue weighted by Gasteiger charge is 2.03. The lowest BCUT2D eigenvalue weighted by atomic mass is 10.2. The van der Waals surface area contributed by atoms with Crippen molar-refractivity contribution in [1.29, 1.82) is 0 Å². The van der Waals surface area contributed by atoms with Crippen molar-refractivity contribution in [2.45, 2.75) is 6.42 Å². The summed E-state index contributed by atoms with van der Waals surface area (Å²) < 4.78 is 0. The Hall–Kier alpha value is -1.13. The fraction of sp³-hybridized carbons (Fsp3) is 0.462. The molecule has 1 aromatic carbocycles. The van der Waals surface area contributed by atoms with Crippen molar-refractivity contribution in [2.75, 3.05) is 39.1 Å². The molecule has 1 aromatic rings. The Labute approximate surface area is 109 Å². The summed E-state index contributed by atoms with van der Waals surface area (Å²) in [4.78, 5) is 4.87. The van der Waals surface area contributed by atoms with Gasteiger partial charge >= 0.3 is 0 Å². The number of thiocarbonyl (C=S) groups is 1. The van der Waals surface area contributed by atoms with E-state index in [1.165, 1.54) is 0 Å². The predicted octanol–water partition coefficient (Wildman–Crippen LogP) is 1.71. The van der Waals surface area contributed by atoms with Gasteiger partial charge in [0.15, 0.2) is 0 Å². The number of rotatable bonds is 6. The second-order valence-electron chi connectivity index (χ2n) is 4.49. The molecule has 0 saturated carbocycles. The molecule has 3 nitrogen and oxygen atoms in total. The highest BCUT2D eigenvalue weighted by molar-refractivity contribution is 7.80. The number of hydrogen-bond acceptors (Lipinski definition) is 3. The zero-order valence-electron chi connectivity index (χ0n) is 10.8. The predicted molar refractivity (Wildman–Crippen MR) is 78.8 cm³/mol. The summed E-state index contributed by atoms with van der Waals surface area (Å²) in [6, 6.07) is 8.06. The second-order valence-corrected chi connectivity index (χ2v) is 4.93. The summed E-state index contributed by atoms with van der Waals surface area (Å²) in [5, 5.41) is 0. The standard InChI is InChI=1S/C13H21N3S/c1-15(2)8-5-9-16(3)12-7-4-6-11(10-12)13(14)17/h4,6-7,10H,5,8-9H2,1-3H3,(H2,14,17). The Morgan fingerprint density at radius 2 is 1.94 bits per heavy atom. The van der Waals surface area contributed by atoms with Crippen LogP contribution in [0.4, 0.5) is 5.69 Å². The molecule has 4 heteroatoms. The molecule has 0 atom stereocenters. The summed E-state index contributed by atoms with van der Waals surface area (Å²) in [5.74, 6) is 0. The van der Waals surface area contributed by atoms with E-state index in [4.69, 9.17) is 18.0 Å². The summed E-state index contributed by atoms with van der Waals surface area (Å²) in [5.41, 5.74) is 7.72. The molecule has 0 amide bonds. The van der Waals surface area contributed by atoms with Gasteiger partial charge in [-0.3, -0.25) is 0 Å².